The Hall–Kier alpha value is -2.15. The Morgan fingerprint density at radius 2 is 2.00 bits per heavy atom. The highest BCUT2D eigenvalue weighted by Gasteiger charge is 2.27. The van der Waals surface area contributed by atoms with Crippen molar-refractivity contribution in [2.24, 2.45) is 11.8 Å². The largest absolute Gasteiger partial charge is 0.365 e. The molecule has 3 atom stereocenters. The van der Waals surface area contributed by atoms with E-state index in [9.17, 15) is 14.9 Å². The highest BCUT2D eigenvalue weighted by atomic mass is 16.6. The minimum absolute atomic E-state index is 0.00122. The quantitative estimate of drug-likeness (QED) is 0.575. The zero-order valence-corrected chi connectivity index (χ0v) is 16.1. The number of carbonyl (C=O) groups is 1. The SMILES string of the molecule is CCN[C@H](C)CNC(=O)c1ccc(N2CC(C)CC(C)C2)c([N+](=O)[O-])c1. The Morgan fingerprint density at radius 3 is 2.58 bits per heavy atom. The van der Waals surface area contributed by atoms with Crippen molar-refractivity contribution in [2.45, 2.75) is 40.2 Å². The number of nitrogens with one attached hydrogen (secondary N) is 2. The second kappa shape index (κ2) is 8.98. The molecule has 1 amide bonds. The molecule has 1 aliphatic heterocycles. The molecule has 7 nitrogen and oxygen atoms in total. The summed E-state index contributed by atoms with van der Waals surface area (Å²) < 4.78 is 0. The number of benzene rings is 1. The van der Waals surface area contributed by atoms with Crippen LogP contribution in [0.25, 0.3) is 0 Å². The molecule has 1 aliphatic rings. The van der Waals surface area contributed by atoms with Gasteiger partial charge in [0.15, 0.2) is 0 Å². The van der Waals surface area contributed by atoms with Crippen LogP contribution in [0.1, 0.15) is 44.5 Å². The summed E-state index contributed by atoms with van der Waals surface area (Å²) in [6.45, 7) is 11.2. The number of likely N-dealkylation sites (N-methyl/N-ethyl adjacent to an activating group) is 1. The van der Waals surface area contributed by atoms with E-state index in [-0.39, 0.29) is 17.6 Å². The van der Waals surface area contributed by atoms with Crippen molar-refractivity contribution in [1.82, 2.24) is 10.6 Å². The van der Waals surface area contributed by atoms with Gasteiger partial charge in [-0.25, -0.2) is 0 Å². The zero-order valence-electron chi connectivity index (χ0n) is 16.1. The van der Waals surface area contributed by atoms with E-state index in [2.05, 4.69) is 29.4 Å². The number of anilines is 1. The number of piperidine rings is 1. The lowest BCUT2D eigenvalue weighted by Crippen LogP contribution is -2.39. The average Bonchev–Trinajstić information content (AvgIpc) is 2.58. The van der Waals surface area contributed by atoms with Crippen LogP contribution in [0.4, 0.5) is 11.4 Å². The Bertz CT molecular complexity index is 640. The smallest absolute Gasteiger partial charge is 0.293 e. The molecule has 1 aromatic rings. The van der Waals surface area contributed by atoms with Crippen LogP contribution in [0.15, 0.2) is 18.2 Å². The third-order valence-electron chi connectivity index (χ3n) is 4.77. The molecule has 0 aromatic heterocycles. The Labute approximate surface area is 155 Å². The van der Waals surface area contributed by atoms with Crippen molar-refractivity contribution in [3.8, 4) is 0 Å². The summed E-state index contributed by atoms with van der Waals surface area (Å²) in [7, 11) is 0. The van der Waals surface area contributed by atoms with Crippen LogP contribution in [-0.4, -0.2) is 43.1 Å². The van der Waals surface area contributed by atoms with Gasteiger partial charge in [0.1, 0.15) is 5.69 Å². The molecule has 1 heterocycles. The minimum atomic E-state index is -0.392. The van der Waals surface area contributed by atoms with Crippen LogP contribution >= 0.6 is 0 Å². The monoisotopic (exact) mass is 362 g/mol. The number of nitrogens with zero attached hydrogens (tertiary/aromatic N) is 2. The molecule has 2 unspecified atom stereocenters. The first kappa shape index (κ1) is 20.2. The first-order valence-electron chi connectivity index (χ1n) is 9.36. The van der Waals surface area contributed by atoms with Crippen LogP contribution in [0.3, 0.4) is 0 Å². The lowest BCUT2D eigenvalue weighted by molar-refractivity contribution is -0.384. The summed E-state index contributed by atoms with van der Waals surface area (Å²) in [5, 5.41) is 17.6. The number of hydrogen-bond acceptors (Lipinski definition) is 5. The Balaban J connectivity index is 2.18. The molecule has 1 saturated heterocycles. The lowest BCUT2D eigenvalue weighted by Gasteiger charge is -2.36. The molecule has 0 bridgehead atoms. The van der Waals surface area contributed by atoms with E-state index in [1.165, 1.54) is 6.07 Å². The van der Waals surface area contributed by atoms with Crippen molar-refractivity contribution >= 4 is 17.3 Å². The molecule has 0 aliphatic carbocycles. The third kappa shape index (κ3) is 5.17. The van der Waals surface area contributed by atoms with Crippen molar-refractivity contribution in [1.29, 1.82) is 0 Å². The maximum absolute atomic E-state index is 12.3. The number of rotatable bonds is 7. The molecule has 1 fully saturated rings. The van der Waals surface area contributed by atoms with Gasteiger partial charge in [-0.05, 0) is 43.9 Å². The standard InChI is InChI=1S/C19H30N4O3/c1-5-20-15(4)10-21-19(24)16-6-7-17(18(9-16)23(25)26)22-11-13(2)8-14(3)12-22/h6-7,9,13-15,20H,5,8,10-12H2,1-4H3,(H,21,24)/t13?,14?,15-/m1/s1. The number of amides is 1. The topological polar surface area (TPSA) is 87.5 Å². The van der Waals surface area contributed by atoms with E-state index >= 15 is 0 Å². The molecule has 0 radical (unpaired) electrons. The summed E-state index contributed by atoms with van der Waals surface area (Å²) in [6, 6.07) is 4.94. The second-order valence-electron chi connectivity index (χ2n) is 7.48. The second-order valence-corrected chi connectivity index (χ2v) is 7.48. The molecule has 2 N–H and O–H groups in total. The molecule has 7 heteroatoms. The van der Waals surface area contributed by atoms with Crippen molar-refractivity contribution in [3.05, 3.63) is 33.9 Å². The van der Waals surface area contributed by atoms with Gasteiger partial charge in [-0.3, -0.25) is 14.9 Å². The molecule has 1 aromatic carbocycles. The number of nitro benzene ring substituents is 1. The lowest BCUT2D eigenvalue weighted by atomic mass is 9.91. The predicted octanol–water partition coefficient (Wildman–Crippen LogP) is 2.80. The van der Waals surface area contributed by atoms with E-state index in [0.29, 0.717) is 29.6 Å². The van der Waals surface area contributed by atoms with Crippen LogP contribution < -0.4 is 15.5 Å². The Morgan fingerprint density at radius 1 is 1.35 bits per heavy atom. The van der Waals surface area contributed by atoms with Gasteiger partial charge in [0.25, 0.3) is 11.6 Å². The number of hydrogen-bond donors (Lipinski definition) is 2. The summed E-state index contributed by atoms with van der Waals surface area (Å²) >= 11 is 0. The van der Waals surface area contributed by atoms with Gasteiger partial charge in [-0.1, -0.05) is 20.8 Å². The first-order valence-corrected chi connectivity index (χ1v) is 9.36. The van der Waals surface area contributed by atoms with E-state index < -0.39 is 4.92 Å². The van der Waals surface area contributed by atoms with Gasteiger partial charge in [0.2, 0.25) is 0 Å². The van der Waals surface area contributed by atoms with E-state index in [1.54, 1.807) is 12.1 Å². The van der Waals surface area contributed by atoms with E-state index in [1.807, 2.05) is 13.8 Å². The van der Waals surface area contributed by atoms with Crippen molar-refractivity contribution in [2.75, 3.05) is 31.1 Å². The van der Waals surface area contributed by atoms with Gasteiger partial charge in [-0.2, -0.15) is 0 Å². The van der Waals surface area contributed by atoms with E-state index in [4.69, 9.17) is 0 Å². The normalized spacial score (nSPS) is 21.3. The van der Waals surface area contributed by atoms with Crippen LogP contribution in [0, 0.1) is 22.0 Å². The highest BCUT2D eigenvalue weighted by Crippen LogP contribution is 2.33. The minimum Gasteiger partial charge on any atom is -0.365 e. The average molecular weight is 362 g/mol. The number of nitro groups is 1. The predicted molar refractivity (Wildman–Crippen MR) is 104 cm³/mol. The summed E-state index contributed by atoms with van der Waals surface area (Å²) in [6.07, 6.45) is 1.13. The van der Waals surface area contributed by atoms with Crippen LogP contribution in [-0.2, 0) is 0 Å². The van der Waals surface area contributed by atoms with Gasteiger partial charge >= 0.3 is 0 Å². The summed E-state index contributed by atoms with van der Waals surface area (Å²) in [5.41, 5.74) is 0.923. The molecule has 144 valence electrons. The van der Waals surface area contributed by atoms with Crippen LogP contribution in [0.5, 0.6) is 0 Å². The molecular formula is C19H30N4O3. The summed E-state index contributed by atoms with van der Waals surface area (Å²) in [4.78, 5) is 25.6. The van der Waals surface area contributed by atoms with E-state index in [0.717, 1.165) is 26.1 Å². The third-order valence-corrected chi connectivity index (χ3v) is 4.77. The van der Waals surface area contributed by atoms with Gasteiger partial charge in [-0.15, -0.1) is 0 Å². The fraction of sp³-hybridized carbons (Fsp3) is 0.632. The maximum atomic E-state index is 12.3. The van der Waals surface area contributed by atoms with Gasteiger partial charge in [0.05, 0.1) is 4.92 Å². The first-order chi connectivity index (χ1) is 12.3. The van der Waals surface area contributed by atoms with Crippen molar-refractivity contribution in [3.63, 3.8) is 0 Å². The molecular weight excluding hydrogens is 332 g/mol. The maximum Gasteiger partial charge on any atom is 0.293 e. The highest BCUT2D eigenvalue weighted by molar-refractivity contribution is 5.95. The molecule has 26 heavy (non-hydrogen) atoms. The van der Waals surface area contributed by atoms with Crippen molar-refractivity contribution < 1.29 is 9.72 Å². The van der Waals surface area contributed by atoms with Gasteiger partial charge in [0, 0.05) is 37.3 Å². The van der Waals surface area contributed by atoms with Gasteiger partial charge < -0.3 is 15.5 Å². The van der Waals surface area contributed by atoms with Crippen LogP contribution in [0.2, 0.25) is 0 Å². The summed E-state index contributed by atoms with van der Waals surface area (Å²) in [5.74, 6) is 0.701. The molecule has 0 saturated carbocycles. The molecule has 0 spiro atoms. The Kier molecular flexibility index (Phi) is 6.97. The fourth-order valence-electron chi connectivity index (χ4n) is 3.71. The fourth-order valence-corrected chi connectivity index (χ4v) is 3.71. The number of carbonyl (C=O) groups excluding carboxylic acids is 1. The zero-order chi connectivity index (χ0) is 19.3. The molecule has 2 rings (SSSR count).